The Hall–Kier alpha value is -2.08. The maximum atomic E-state index is 12.0. The predicted octanol–water partition coefficient (Wildman–Crippen LogP) is 2.10. The number of nitrogens with zero attached hydrogens (tertiary/aromatic N) is 3. The summed E-state index contributed by atoms with van der Waals surface area (Å²) in [7, 11) is 1.64. The van der Waals surface area contributed by atoms with E-state index in [-0.39, 0.29) is 6.03 Å². The molecular formula is C17H24N4O2. The van der Waals surface area contributed by atoms with Gasteiger partial charge in [-0.25, -0.2) is 9.78 Å². The molecule has 1 aromatic heterocycles. The Balaban J connectivity index is 1.50. The second kappa shape index (κ2) is 7.46. The number of aromatic nitrogens is 2. The Morgan fingerprint density at radius 1 is 1.35 bits per heavy atom. The topological polar surface area (TPSA) is 59.4 Å². The Kier molecular flexibility index (Phi) is 5.12. The van der Waals surface area contributed by atoms with Crippen LogP contribution in [0.1, 0.15) is 12.8 Å². The van der Waals surface area contributed by atoms with E-state index in [1.165, 1.54) is 5.52 Å². The molecule has 1 aliphatic rings. The van der Waals surface area contributed by atoms with Crippen LogP contribution in [0.15, 0.2) is 30.6 Å². The minimum absolute atomic E-state index is 0.0218. The fourth-order valence-corrected chi connectivity index (χ4v) is 3.12. The highest BCUT2D eigenvalue weighted by atomic mass is 16.5. The van der Waals surface area contributed by atoms with Gasteiger partial charge in [0.25, 0.3) is 0 Å². The zero-order chi connectivity index (χ0) is 16.1. The molecule has 6 nitrogen and oxygen atoms in total. The number of carbonyl (C=O) groups excluding carboxylic acids is 1. The summed E-state index contributed by atoms with van der Waals surface area (Å²) in [4.78, 5) is 18.4. The number of likely N-dealkylation sites (tertiary alicyclic amines) is 1. The van der Waals surface area contributed by atoms with E-state index in [2.05, 4.69) is 20.9 Å². The van der Waals surface area contributed by atoms with E-state index in [1.807, 2.05) is 29.4 Å². The lowest BCUT2D eigenvalue weighted by atomic mass is 9.97. The van der Waals surface area contributed by atoms with E-state index in [0.717, 1.165) is 38.0 Å². The summed E-state index contributed by atoms with van der Waals surface area (Å²) in [6.07, 6.45) is 3.99. The largest absolute Gasteiger partial charge is 0.383 e. The third-order valence-electron chi connectivity index (χ3n) is 4.47. The van der Waals surface area contributed by atoms with Gasteiger partial charge < -0.3 is 19.5 Å². The summed E-state index contributed by atoms with van der Waals surface area (Å²) in [5, 5.41) is 2.88. The number of para-hydroxylation sites is 2. The minimum atomic E-state index is 0.0218. The number of nitrogens with one attached hydrogen (secondary N) is 1. The van der Waals surface area contributed by atoms with Crippen molar-refractivity contribution < 1.29 is 9.53 Å². The van der Waals surface area contributed by atoms with Gasteiger partial charge >= 0.3 is 6.03 Å². The predicted molar refractivity (Wildman–Crippen MR) is 89.3 cm³/mol. The number of carbonyl (C=O) groups is 1. The first-order chi connectivity index (χ1) is 11.3. The number of methoxy groups -OCH3 is 1. The molecule has 0 saturated carbocycles. The molecule has 0 spiro atoms. The molecule has 1 fully saturated rings. The van der Waals surface area contributed by atoms with Gasteiger partial charge in [-0.15, -0.1) is 0 Å². The third-order valence-corrected chi connectivity index (χ3v) is 4.47. The number of benzene rings is 1. The minimum Gasteiger partial charge on any atom is -0.383 e. The van der Waals surface area contributed by atoms with Gasteiger partial charge in [0.15, 0.2) is 0 Å². The van der Waals surface area contributed by atoms with Crippen LogP contribution >= 0.6 is 0 Å². The SMILES string of the molecule is COCCNC(=O)N1CCC(Cn2cnc3ccccc32)CC1. The molecule has 0 atom stereocenters. The van der Waals surface area contributed by atoms with Crippen LogP contribution < -0.4 is 5.32 Å². The van der Waals surface area contributed by atoms with Gasteiger partial charge in [-0.1, -0.05) is 12.1 Å². The van der Waals surface area contributed by atoms with Crippen molar-refractivity contribution in [2.75, 3.05) is 33.4 Å². The molecular weight excluding hydrogens is 292 g/mol. The van der Waals surface area contributed by atoms with Crippen LogP contribution in [0.5, 0.6) is 0 Å². The summed E-state index contributed by atoms with van der Waals surface area (Å²) in [6.45, 7) is 3.72. The molecule has 23 heavy (non-hydrogen) atoms. The molecule has 0 bridgehead atoms. The van der Waals surface area contributed by atoms with Gasteiger partial charge in [-0.05, 0) is 30.9 Å². The van der Waals surface area contributed by atoms with E-state index in [4.69, 9.17) is 4.74 Å². The van der Waals surface area contributed by atoms with Gasteiger partial charge in [-0.3, -0.25) is 0 Å². The first-order valence-corrected chi connectivity index (χ1v) is 8.19. The number of hydrogen-bond donors (Lipinski definition) is 1. The lowest BCUT2D eigenvalue weighted by Gasteiger charge is -2.32. The molecule has 3 rings (SSSR count). The number of hydrogen-bond acceptors (Lipinski definition) is 3. The molecule has 1 N–H and O–H groups in total. The van der Waals surface area contributed by atoms with Crippen molar-refractivity contribution >= 4 is 17.1 Å². The van der Waals surface area contributed by atoms with Gasteiger partial charge in [-0.2, -0.15) is 0 Å². The van der Waals surface area contributed by atoms with Crippen molar-refractivity contribution in [3.63, 3.8) is 0 Å². The van der Waals surface area contributed by atoms with Crippen LogP contribution in [-0.4, -0.2) is 53.8 Å². The fourth-order valence-electron chi connectivity index (χ4n) is 3.12. The maximum absolute atomic E-state index is 12.0. The van der Waals surface area contributed by atoms with Crippen LogP contribution in [0.4, 0.5) is 4.79 Å². The molecule has 1 aliphatic heterocycles. The molecule has 0 radical (unpaired) electrons. The normalized spacial score (nSPS) is 16.0. The van der Waals surface area contributed by atoms with Crippen LogP contribution in [0.2, 0.25) is 0 Å². The lowest BCUT2D eigenvalue weighted by molar-refractivity contribution is 0.158. The van der Waals surface area contributed by atoms with Crippen molar-refractivity contribution in [3.8, 4) is 0 Å². The summed E-state index contributed by atoms with van der Waals surface area (Å²) < 4.78 is 7.18. The summed E-state index contributed by atoms with van der Waals surface area (Å²) in [5.41, 5.74) is 2.23. The molecule has 2 amide bonds. The van der Waals surface area contributed by atoms with E-state index in [0.29, 0.717) is 19.1 Å². The summed E-state index contributed by atoms with van der Waals surface area (Å²) in [6, 6.07) is 8.24. The average Bonchev–Trinajstić information content (AvgIpc) is 2.99. The second-order valence-corrected chi connectivity index (χ2v) is 6.04. The Labute approximate surface area is 136 Å². The number of fused-ring (bicyclic) bond motifs is 1. The highest BCUT2D eigenvalue weighted by Gasteiger charge is 2.23. The standard InChI is InChI=1S/C17H24N4O2/c1-23-11-8-18-17(22)20-9-6-14(7-10-20)12-21-13-19-15-4-2-3-5-16(15)21/h2-5,13-14H,6-12H2,1H3,(H,18,22). The van der Waals surface area contributed by atoms with Gasteiger partial charge in [0.05, 0.1) is 24.0 Å². The molecule has 2 heterocycles. The fraction of sp³-hybridized carbons (Fsp3) is 0.529. The lowest BCUT2D eigenvalue weighted by Crippen LogP contribution is -2.45. The molecule has 1 saturated heterocycles. The van der Waals surface area contributed by atoms with Crippen molar-refractivity contribution in [3.05, 3.63) is 30.6 Å². The van der Waals surface area contributed by atoms with Crippen LogP contribution in [0.3, 0.4) is 0 Å². The second-order valence-electron chi connectivity index (χ2n) is 6.04. The number of amides is 2. The third kappa shape index (κ3) is 3.82. The Morgan fingerprint density at radius 3 is 2.91 bits per heavy atom. The zero-order valence-corrected chi connectivity index (χ0v) is 13.6. The maximum Gasteiger partial charge on any atom is 0.317 e. The van der Waals surface area contributed by atoms with Gasteiger partial charge in [0.2, 0.25) is 0 Å². The Morgan fingerprint density at radius 2 is 2.13 bits per heavy atom. The number of ether oxygens (including phenoxy) is 1. The highest BCUT2D eigenvalue weighted by molar-refractivity contribution is 5.75. The Bertz CT molecular complexity index is 647. The molecule has 1 aromatic carbocycles. The van der Waals surface area contributed by atoms with Crippen LogP contribution in [0.25, 0.3) is 11.0 Å². The van der Waals surface area contributed by atoms with Crippen LogP contribution in [0, 0.1) is 5.92 Å². The smallest absolute Gasteiger partial charge is 0.317 e. The van der Waals surface area contributed by atoms with Crippen molar-refractivity contribution in [1.82, 2.24) is 19.8 Å². The number of piperidine rings is 1. The molecule has 6 heteroatoms. The summed E-state index contributed by atoms with van der Waals surface area (Å²) in [5.74, 6) is 0.593. The zero-order valence-electron chi connectivity index (χ0n) is 13.6. The van der Waals surface area contributed by atoms with Crippen molar-refractivity contribution in [2.45, 2.75) is 19.4 Å². The number of rotatable bonds is 5. The first kappa shape index (κ1) is 15.8. The molecule has 0 aliphatic carbocycles. The number of urea groups is 1. The molecule has 124 valence electrons. The van der Waals surface area contributed by atoms with Crippen LogP contribution in [-0.2, 0) is 11.3 Å². The van der Waals surface area contributed by atoms with Gasteiger partial charge in [0.1, 0.15) is 0 Å². The average molecular weight is 316 g/mol. The quantitative estimate of drug-likeness (QED) is 0.860. The number of imidazole rings is 1. The summed E-state index contributed by atoms with van der Waals surface area (Å²) >= 11 is 0. The monoisotopic (exact) mass is 316 g/mol. The van der Waals surface area contributed by atoms with E-state index in [1.54, 1.807) is 7.11 Å². The van der Waals surface area contributed by atoms with E-state index >= 15 is 0 Å². The van der Waals surface area contributed by atoms with E-state index < -0.39 is 0 Å². The van der Waals surface area contributed by atoms with Gasteiger partial charge in [0, 0.05) is 33.3 Å². The van der Waals surface area contributed by atoms with E-state index in [9.17, 15) is 4.79 Å². The molecule has 2 aromatic rings. The molecule has 0 unspecified atom stereocenters. The highest BCUT2D eigenvalue weighted by Crippen LogP contribution is 2.21. The van der Waals surface area contributed by atoms with Crippen molar-refractivity contribution in [1.29, 1.82) is 0 Å². The van der Waals surface area contributed by atoms with Crippen molar-refractivity contribution in [2.24, 2.45) is 5.92 Å². The first-order valence-electron chi connectivity index (χ1n) is 8.19.